The lowest BCUT2D eigenvalue weighted by molar-refractivity contribution is -0.138. The zero-order valence-corrected chi connectivity index (χ0v) is 14.0. The summed E-state index contributed by atoms with van der Waals surface area (Å²) in [6.45, 7) is 6.00. The maximum atomic E-state index is 10.3. The molecule has 0 spiro atoms. The van der Waals surface area contributed by atoms with E-state index in [-0.39, 0.29) is 0 Å². The van der Waals surface area contributed by atoms with E-state index in [1.807, 2.05) is 0 Å². The molecule has 0 unspecified atom stereocenters. The van der Waals surface area contributed by atoms with Gasteiger partial charge >= 0.3 is 11.9 Å². The van der Waals surface area contributed by atoms with Gasteiger partial charge in [0.25, 0.3) is 0 Å². The van der Waals surface area contributed by atoms with Crippen molar-refractivity contribution in [3.63, 3.8) is 0 Å². The van der Waals surface area contributed by atoms with Crippen molar-refractivity contribution in [3.8, 4) is 0 Å². The Kier molecular flexibility index (Phi) is 20.5. The molecule has 0 aliphatic heterocycles. The average molecular weight is 314 g/mol. The van der Waals surface area contributed by atoms with Crippen LogP contribution in [0.5, 0.6) is 0 Å². The van der Waals surface area contributed by atoms with E-state index in [2.05, 4.69) is 13.2 Å². The van der Waals surface area contributed by atoms with E-state index in [1.54, 1.807) is 0 Å². The predicted molar refractivity (Wildman–Crippen MR) is 91.2 cm³/mol. The van der Waals surface area contributed by atoms with Gasteiger partial charge < -0.3 is 10.2 Å². The third-order valence-electron chi connectivity index (χ3n) is 3.53. The van der Waals surface area contributed by atoms with Gasteiger partial charge in [-0.25, -0.2) is 0 Å². The number of carboxylic acids is 2. The Morgan fingerprint density at radius 2 is 0.682 bits per heavy atom. The summed E-state index contributed by atoms with van der Waals surface area (Å²) in [7, 11) is 0. The fraction of sp³-hybridized carbons (Fsp3) is 0.778. The van der Waals surface area contributed by atoms with Gasteiger partial charge in [-0.15, -0.1) is 13.2 Å². The molecule has 130 valence electrons. The number of aliphatic carboxylic acids is 2. The Balaban J connectivity index is 0. The number of carboxylic acid groups (broad SMARTS) is 2. The Bertz CT molecular complexity index is 238. The number of unbranched alkanes of at least 4 members (excludes halogenated alkanes) is 11. The van der Waals surface area contributed by atoms with Crippen molar-refractivity contribution in [2.45, 2.75) is 89.9 Å². The Labute approximate surface area is 135 Å². The molecule has 0 aliphatic carbocycles. The molecule has 2 N–H and O–H groups in total. The van der Waals surface area contributed by atoms with E-state index in [1.165, 1.54) is 38.5 Å². The summed E-state index contributed by atoms with van der Waals surface area (Å²) in [5, 5.41) is 17.0. The summed E-state index contributed by atoms with van der Waals surface area (Å²) in [5.74, 6) is -1.37. The topological polar surface area (TPSA) is 74.6 Å². The normalized spacial score (nSPS) is 9.82. The first kappa shape index (κ1) is 23.0. The van der Waals surface area contributed by atoms with E-state index in [0.29, 0.717) is 12.8 Å². The standard InChI is InChI=1S/C16H30O4.C2H4/c17-15(18)13-11-9-7-5-3-1-2-4-6-8-10-12-14-16(19)20;1-2/h1-14H2,(H,17,18)(H,19,20);1-2H2. The number of hydrogen-bond donors (Lipinski definition) is 2. The van der Waals surface area contributed by atoms with Crippen LogP contribution in [0.25, 0.3) is 0 Å². The lowest BCUT2D eigenvalue weighted by atomic mass is 10.0. The van der Waals surface area contributed by atoms with Crippen molar-refractivity contribution in [2.75, 3.05) is 0 Å². The van der Waals surface area contributed by atoms with Crippen molar-refractivity contribution in [2.24, 2.45) is 0 Å². The van der Waals surface area contributed by atoms with Crippen molar-refractivity contribution in [3.05, 3.63) is 13.2 Å². The van der Waals surface area contributed by atoms with Gasteiger partial charge in [0.1, 0.15) is 0 Å². The van der Waals surface area contributed by atoms with Gasteiger partial charge in [-0.2, -0.15) is 0 Å². The first-order chi connectivity index (χ1) is 10.6. The molecular formula is C18H34O4. The van der Waals surface area contributed by atoms with E-state index in [9.17, 15) is 9.59 Å². The Morgan fingerprint density at radius 3 is 0.864 bits per heavy atom. The third kappa shape index (κ3) is 23.7. The van der Waals surface area contributed by atoms with Gasteiger partial charge in [0.05, 0.1) is 0 Å². The zero-order chi connectivity index (χ0) is 17.1. The molecule has 0 radical (unpaired) electrons. The second-order valence-electron chi connectivity index (χ2n) is 5.53. The Morgan fingerprint density at radius 1 is 0.500 bits per heavy atom. The molecule has 0 atom stereocenters. The van der Waals surface area contributed by atoms with E-state index >= 15 is 0 Å². The lowest BCUT2D eigenvalue weighted by Crippen LogP contribution is -1.93. The lowest BCUT2D eigenvalue weighted by Gasteiger charge is -2.02. The van der Waals surface area contributed by atoms with Gasteiger partial charge in [0.15, 0.2) is 0 Å². The molecule has 0 aliphatic rings. The van der Waals surface area contributed by atoms with Crippen LogP contribution in [-0.4, -0.2) is 22.2 Å². The Hall–Kier alpha value is -1.32. The van der Waals surface area contributed by atoms with Gasteiger partial charge in [-0.3, -0.25) is 9.59 Å². The molecular weight excluding hydrogens is 280 g/mol. The van der Waals surface area contributed by atoms with Crippen LogP contribution in [0.2, 0.25) is 0 Å². The van der Waals surface area contributed by atoms with E-state index < -0.39 is 11.9 Å². The van der Waals surface area contributed by atoms with Crippen LogP contribution in [0.15, 0.2) is 13.2 Å². The fourth-order valence-corrected chi connectivity index (χ4v) is 2.32. The summed E-state index contributed by atoms with van der Waals surface area (Å²) in [6.07, 6.45) is 14.1. The van der Waals surface area contributed by atoms with Gasteiger partial charge in [-0.1, -0.05) is 64.2 Å². The molecule has 0 aromatic carbocycles. The largest absolute Gasteiger partial charge is 0.481 e. The molecule has 4 nitrogen and oxygen atoms in total. The van der Waals surface area contributed by atoms with Crippen LogP contribution in [0.3, 0.4) is 0 Å². The molecule has 0 bridgehead atoms. The summed E-state index contributed by atoms with van der Waals surface area (Å²) in [6, 6.07) is 0. The van der Waals surface area contributed by atoms with Crippen LogP contribution in [0.4, 0.5) is 0 Å². The molecule has 0 amide bonds. The van der Waals surface area contributed by atoms with Gasteiger partial charge in [0, 0.05) is 12.8 Å². The number of rotatable bonds is 15. The van der Waals surface area contributed by atoms with Crippen LogP contribution < -0.4 is 0 Å². The fourth-order valence-electron chi connectivity index (χ4n) is 2.32. The van der Waals surface area contributed by atoms with Crippen molar-refractivity contribution in [1.82, 2.24) is 0 Å². The third-order valence-corrected chi connectivity index (χ3v) is 3.53. The molecule has 0 aromatic heterocycles. The molecule has 22 heavy (non-hydrogen) atoms. The molecule has 0 saturated heterocycles. The second-order valence-corrected chi connectivity index (χ2v) is 5.53. The van der Waals surface area contributed by atoms with Crippen molar-refractivity contribution >= 4 is 11.9 Å². The second kappa shape index (κ2) is 19.7. The molecule has 0 rings (SSSR count). The summed E-state index contributed by atoms with van der Waals surface area (Å²) < 4.78 is 0. The quantitative estimate of drug-likeness (QED) is 0.312. The van der Waals surface area contributed by atoms with E-state index in [4.69, 9.17) is 10.2 Å². The highest BCUT2D eigenvalue weighted by atomic mass is 16.4. The average Bonchev–Trinajstić information content (AvgIpc) is 2.49. The molecule has 0 heterocycles. The van der Waals surface area contributed by atoms with Crippen LogP contribution in [0.1, 0.15) is 89.9 Å². The van der Waals surface area contributed by atoms with Crippen LogP contribution >= 0.6 is 0 Å². The smallest absolute Gasteiger partial charge is 0.303 e. The van der Waals surface area contributed by atoms with Crippen molar-refractivity contribution < 1.29 is 19.8 Å². The minimum atomic E-state index is -0.687. The number of hydrogen-bond acceptors (Lipinski definition) is 2. The molecule has 4 heteroatoms. The monoisotopic (exact) mass is 314 g/mol. The van der Waals surface area contributed by atoms with Crippen LogP contribution in [-0.2, 0) is 9.59 Å². The predicted octanol–water partition coefficient (Wildman–Crippen LogP) is 5.42. The SMILES string of the molecule is C=C.O=C(O)CCCCCCCCCCCCCCC(=O)O. The maximum Gasteiger partial charge on any atom is 0.303 e. The molecule has 0 saturated carbocycles. The highest BCUT2D eigenvalue weighted by molar-refractivity contribution is 5.66. The van der Waals surface area contributed by atoms with Gasteiger partial charge in [-0.05, 0) is 12.8 Å². The minimum absolute atomic E-state index is 0.307. The highest BCUT2D eigenvalue weighted by Gasteiger charge is 1.98. The highest BCUT2D eigenvalue weighted by Crippen LogP contribution is 2.12. The first-order valence-electron chi connectivity index (χ1n) is 8.56. The summed E-state index contributed by atoms with van der Waals surface area (Å²) in [4.78, 5) is 20.6. The van der Waals surface area contributed by atoms with E-state index in [0.717, 1.165) is 38.5 Å². The van der Waals surface area contributed by atoms with Gasteiger partial charge in [0.2, 0.25) is 0 Å². The zero-order valence-electron chi connectivity index (χ0n) is 14.0. The summed E-state index contributed by atoms with van der Waals surface area (Å²) in [5.41, 5.74) is 0. The number of carbonyl (C=O) groups is 2. The maximum absolute atomic E-state index is 10.3. The summed E-state index contributed by atoms with van der Waals surface area (Å²) >= 11 is 0. The molecule has 0 aromatic rings. The molecule has 0 fully saturated rings. The van der Waals surface area contributed by atoms with Crippen LogP contribution in [0, 0.1) is 0 Å². The minimum Gasteiger partial charge on any atom is -0.481 e. The first-order valence-corrected chi connectivity index (χ1v) is 8.56. The van der Waals surface area contributed by atoms with Crippen molar-refractivity contribution in [1.29, 1.82) is 0 Å².